The van der Waals surface area contributed by atoms with Gasteiger partial charge in [-0.3, -0.25) is 0 Å². The van der Waals surface area contributed by atoms with Crippen molar-refractivity contribution in [1.29, 1.82) is 0 Å². The van der Waals surface area contributed by atoms with E-state index < -0.39 is 0 Å². The van der Waals surface area contributed by atoms with Crippen LogP contribution in [0.3, 0.4) is 0 Å². The van der Waals surface area contributed by atoms with Gasteiger partial charge in [-0.2, -0.15) is 0 Å². The molecule has 1 aromatic rings. The minimum Gasteiger partial charge on any atom is -0.0760 e. The van der Waals surface area contributed by atoms with Crippen molar-refractivity contribution in [3.05, 3.63) is 46.5 Å². The summed E-state index contributed by atoms with van der Waals surface area (Å²) in [5, 5.41) is 0. The summed E-state index contributed by atoms with van der Waals surface area (Å²) in [5.41, 5.74) is 5.36. The standard InChI is InChI=1S/C17H25/c1-5-6-7-8-9-10-11-17-12-14(2)16(4)15(3)13-17/h10,12-13H,5-9H2,1-4H3. The summed E-state index contributed by atoms with van der Waals surface area (Å²) < 4.78 is 0. The van der Waals surface area contributed by atoms with E-state index in [1.807, 2.05) is 0 Å². The highest BCUT2D eigenvalue weighted by atomic mass is 14.0. The molecule has 0 nitrogen and oxygen atoms in total. The lowest BCUT2D eigenvalue weighted by Crippen LogP contribution is -1.88. The highest BCUT2D eigenvalue weighted by Crippen LogP contribution is 2.15. The zero-order chi connectivity index (χ0) is 12.7. The molecule has 0 aliphatic rings. The maximum atomic E-state index is 3.41. The summed E-state index contributed by atoms with van der Waals surface area (Å²) in [7, 11) is 0. The highest BCUT2D eigenvalue weighted by Gasteiger charge is 1.98. The van der Waals surface area contributed by atoms with Crippen molar-refractivity contribution in [2.75, 3.05) is 0 Å². The number of aryl methyl sites for hydroxylation is 2. The fraction of sp³-hybridized carbons (Fsp3) is 0.529. The lowest BCUT2D eigenvalue weighted by atomic mass is 10.00. The summed E-state index contributed by atoms with van der Waals surface area (Å²) in [5.74, 6) is 0. The molecule has 0 unspecified atom stereocenters. The molecule has 0 bridgehead atoms. The van der Waals surface area contributed by atoms with E-state index >= 15 is 0 Å². The Bertz CT molecular complexity index is 349. The predicted octanol–water partition coefficient (Wildman–Crippen LogP) is 5.29. The summed E-state index contributed by atoms with van der Waals surface area (Å²) in [4.78, 5) is 0. The molecule has 0 saturated heterocycles. The Balaban J connectivity index is 2.48. The van der Waals surface area contributed by atoms with Crippen molar-refractivity contribution in [2.45, 2.75) is 59.8 Å². The molecule has 1 aromatic carbocycles. The highest BCUT2D eigenvalue weighted by molar-refractivity contribution is 5.39. The maximum absolute atomic E-state index is 3.41. The Morgan fingerprint density at radius 2 is 1.65 bits per heavy atom. The summed E-state index contributed by atoms with van der Waals surface area (Å²) >= 11 is 0. The Labute approximate surface area is 107 Å². The topological polar surface area (TPSA) is 0 Å². The SMILES string of the molecule is CCCCCC/C=[C]\c1cc(C)c(C)c(C)c1. The third-order valence-corrected chi connectivity index (χ3v) is 3.40. The minimum atomic E-state index is 1.16. The van der Waals surface area contributed by atoms with Gasteiger partial charge in [0, 0.05) is 0 Å². The first-order chi connectivity index (χ1) is 8.15. The predicted molar refractivity (Wildman–Crippen MR) is 76.3 cm³/mol. The molecule has 0 N–H and O–H groups in total. The average Bonchev–Trinajstić information content (AvgIpc) is 2.30. The van der Waals surface area contributed by atoms with E-state index in [-0.39, 0.29) is 0 Å². The van der Waals surface area contributed by atoms with Crippen molar-refractivity contribution in [3.8, 4) is 0 Å². The van der Waals surface area contributed by atoms with Gasteiger partial charge < -0.3 is 0 Å². The van der Waals surface area contributed by atoms with Crippen molar-refractivity contribution in [2.24, 2.45) is 0 Å². The fourth-order valence-corrected chi connectivity index (χ4v) is 1.98. The lowest BCUT2D eigenvalue weighted by molar-refractivity contribution is 0.674. The van der Waals surface area contributed by atoms with Gasteiger partial charge >= 0.3 is 0 Å². The molecular formula is C17H25. The van der Waals surface area contributed by atoms with Gasteiger partial charge in [0.25, 0.3) is 0 Å². The third-order valence-electron chi connectivity index (χ3n) is 3.40. The Hall–Kier alpha value is -1.04. The Morgan fingerprint density at radius 3 is 2.24 bits per heavy atom. The molecule has 1 rings (SSSR count). The van der Waals surface area contributed by atoms with Gasteiger partial charge in [0.2, 0.25) is 0 Å². The van der Waals surface area contributed by atoms with E-state index in [1.54, 1.807) is 0 Å². The van der Waals surface area contributed by atoms with Crippen LogP contribution in [0.4, 0.5) is 0 Å². The molecule has 93 valence electrons. The smallest absolute Gasteiger partial charge is 0.0148 e. The first-order valence-corrected chi connectivity index (χ1v) is 6.81. The van der Waals surface area contributed by atoms with E-state index in [0.29, 0.717) is 0 Å². The number of benzene rings is 1. The van der Waals surface area contributed by atoms with E-state index in [4.69, 9.17) is 0 Å². The molecule has 0 amide bonds. The summed E-state index contributed by atoms with van der Waals surface area (Å²) in [6, 6.07) is 4.45. The lowest BCUT2D eigenvalue weighted by Gasteiger charge is -2.05. The fourth-order valence-electron chi connectivity index (χ4n) is 1.98. The quantitative estimate of drug-likeness (QED) is 0.581. The first kappa shape index (κ1) is 14.0. The first-order valence-electron chi connectivity index (χ1n) is 6.81. The third kappa shape index (κ3) is 4.77. The van der Waals surface area contributed by atoms with Gasteiger partial charge in [-0.1, -0.05) is 44.4 Å². The molecule has 0 aromatic heterocycles. The van der Waals surface area contributed by atoms with Gasteiger partial charge in [-0.05, 0) is 61.9 Å². The van der Waals surface area contributed by atoms with Gasteiger partial charge in [0.15, 0.2) is 0 Å². The summed E-state index contributed by atoms with van der Waals surface area (Å²) in [6.45, 7) is 8.78. The van der Waals surface area contributed by atoms with Crippen LogP contribution in [0.15, 0.2) is 18.2 Å². The van der Waals surface area contributed by atoms with Crippen molar-refractivity contribution in [1.82, 2.24) is 0 Å². The zero-order valence-corrected chi connectivity index (χ0v) is 11.8. The van der Waals surface area contributed by atoms with Crippen molar-refractivity contribution in [3.63, 3.8) is 0 Å². The van der Waals surface area contributed by atoms with E-state index in [0.717, 1.165) is 6.42 Å². The molecular weight excluding hydrogens is 204 g/mol. The van der Waals surface area contributed by atoms with E-state index in [1.165, 1.54) is 47.9 Å². The maximum Gasteiger partial charge on any atom is -0.0148 e. The molecule has 1 radical (unpaired) electrons. The van der Waals surface area contributed by atoms with Crippen molar-refractivity contribution < 1.29 is 0 Å². The van der Waals surface area contributed by atoms with Gasteiger partial charge in [0.05, 0.1) is 0 Å². The molecule has 0 saturated carbocycles. The second kappa shape index (κ2) is 7.32. The molecule has 0 fully saturated rings. The van der Waals surface area contributed by atoms with E-state index in [2.05, 4.69) is 52.0 Å². The van der Waals surface area contributed by atoms with Gasteiger partial charge in [0.1, 0.15) is 0 Å². The van der Waals surface area contributed by atoms with Crippen LogP contribution in [0.2, 0.25) is 0 Å². The molecule has 0 atom stereocenters. The van der Waals surface area contributed by atoms with Crippen LogP contribution >= 0.6 is 0 Å². The molecule has 0 aliphatic carbocycles. The summed E-state index contributed by atoms with van der Waals surface area (Å²) in [6.07, 6.45) is 12.1. The van der Waals surface area contributed by atoms with Crippen LogP contribution in [0.25, 0.3) is 0 Å². The molecule has 0 heteroatoms. The van der Waals surface area contributed by atoms with Crippen LogP contribution in [-0.4, -0.2) is 0 Å². The molecule has 17 heavy (non-hydrogen) atoms. The van der Waals surface area contributed by atoms with Crippen LogP contribution < -0.4 is 0 Å². The van der Waals surface area contributed by atoms with Crippen LogP contribution in [-0.2, 0) is 0 Å². The van der Waals surface area contributed by atoms with Crippen LogP contribution in [0.1, 0.15) is 61.3 Å². The monoisotopic (exact) mass is 229 g/mol. The molecule has 0 spiro atoms. The second-order valence-corrected chi connectivity index (χ2v) is 4.93. The number of rotatable bonds is 6. The van der Waals surface area contributed by atoms with Gasteiger partial charge in [-0.25, -0.2) is 0 Å². The second-order valence-electron chi connectivity index (χ2n) is 4.93. The molecule has 0 aliphatic heterocycles. The normalized spacial score (nSPS) is 11.3. The molecule has 0 heterocycles. The number of hydrogen-bond acceptors (Lipinski definition) is 0. The largest absolute Gasteiger partial charge is 0.0760 e. The number of hydrogen-bond donors (Lipinski definition) is 0. The average molecular weight is 229 g/mol. The number of unbranched alkanes of at least 4 members (excludes halogenated alkanes) is 4. The Morgan fingerprint density at radius 1 is 1.00 bits per heavy atom. The number of allylic oxidation sites excluding steroid dienone is 1. The Kier molecular flexibility index (Phi) is 6.04. The van der Waals surface area contributed by atoms with E-state index in [9.17, 15) is 0 Å². The van der Waals surface area contributed by atoms with Crippen LogP contribution in [0.5, 0.6) is 0 Å². The zero-order valence-electron chi connectivity index (χ0n) is 11.8. The van der Waals surface area contributed by atoms with Gasteiger partial charge in [-0.15, -0.1) is 0 Å². The van der Waals surface area contributed by atoms with Crippen molar-refractivity contribution >= 4 is 0 Å². The van der Waals surface area contributed by atoms with Crippen LogP contribution in [0, 0.1) is 26.8 Å². The minimum absolute atomic E-state index is 1.16.